The smallest absolute Gasteiger partial charge is 0.418 e. The Hall–Kier alpha value is -2.61. The van der Waals surface area contributed by atoms with Gasteiger partial charge in [0.05, 0.1) is 11.3 Å². The zero-order valence-corrected chi connectivity index (χ0v) is 14.6. The van der Waals surface area contributed by atoms with Gasteiger partial charge in [0.25, 0.3) is 0 Å². The van der Waals surface area contributed by atoms with Gasteiger partial charge in [-0.1, -0.05) is 18.2 Å². The molecular formula is C19H20F4N2O2. The molecule has 0 aliphatic heterocycles. The number of alkyl halides is 3. The van der Waals surface area contributed by atoms with Crippen LogP contribution < -0.4 is 15.4 Å². The molecule has 0 spiro atoms. The van der Waals surface area contributed by atoms with Crippen LogP contribution in [0.3, 0.4) is 0 Å². The van der Waals surface area contributed by atoms with Gasteiger partial charge in [0.2, 0.25) is 5.91 Å². The van der Waals surface area contributed by atoms with Crippen LogP contribution in [0.2, 0.25) is 0 Å². The predicted molar refractivity (Wildman–Crippen MR) is 94.1 cm³/mol. The third-order valence-electron chi connectivity index (χ3n) is 3.66. The van der Waals surface area contributed by atoms with Crippen molar-refractivity contribution in [3.63, 3.8) is 0 Å². The number of carbonyl (C=O) groups excluding carboxylic acids is 1. The van der Waals surface area contributed by atoms with E-state index in [1.54, 1.807) is 13.0 Å². The summed E-state index contributed by atoms with van der Waals surface area (Å²) in [5.41, 5.74) is -1.15. The molecule has 1 unspecified atom stereocenters. The van der Waals surface area contributed by atoms with Crippen LogP contribution in [-0.2, 0) is 11.0 Å². The van der Waals surface area contributed by atoms with Crippen molar-refractivity contribution in [1.29, 1.82) is 0 Å². The Kier molecular flexibility index (Phi) is 7.18. The summed E-state index contributed by atoms with van der Waals surface area (Å²) >= 11 is 0. The Bertz CT molecular complexity index is 765. The second kappa shape index (κ2) is 9.36. The molecule has 0 bridgehead atoms. The van der Waals surface area contributed by atoms with Crippen molar-refractivity contribution in [3.05, 3.63) is 59.9 Å². The van der Waals surface area contributed by atoms with Crippen LogP contribution >= 0.6 is 0 Å². The van der Waals surface area contributed by atoms with Gasteiger partial charge in [0.1, 0.15) is 18.2 Å². The molecule has 1 amide bonds. The van der Waals surface area contributed by atoms with Gasteiger partial charge in [-0.05, 0) is 31.2 Å². The predicted octanol–water partition coefficient (Wildman–Crippen LogP) is 4.23. The van der Waals surface area contributed by atoms with Crippen LogP contribution in [-0.4, -0.2) is 25.1 Å². The normalized spacial score (nSPS) is 12.5. The molecule has 0 saturated heterocycles. The van der Waals surface area contributed by atoms with Gasteiger partial charge in [-0.15, -0.1) is 0 Å². The Morgan fingerprint density at radius 1 is 1.15 bits per heavy atom. The van der Waals surface area contributed by atoms with Crippen molar-refractivity contribution in [1.82, 2.24) is 5.32 Å². The van der Waals surface area contributed by atoms with Crippen molar-refractivity contribution in [2.45, 2.75) is 25.6 Å². The molecule has 0 aliphatic carbocycles. The van der Waals surface area contributed by atoms with Crippen LogP contribution in [0.25, 0.3) is 0 Å². The lowest BCUT2D eigenvalue weighted by Gasteiger charge is -2.16. The van der Waals surface area contributed by atoms with Gasteiger partial charge in [0.15, 0.2) is 0 Å². The van der Waals surface area contributed by atoms with Crippen molar-refractivity contribution < 1.29 is 27.1 Å². The highest BCUT2D eigenvalue weighted by molar-refractivity contribution is 5.92. The minimum Gasteiger partial charge on any atom is -0.492 e. The SMILES string of the molecule is CC(CC(=O)Nc1ccccc1C(F)(F)F)NCCOc1cccc(F)c1. The Morgan fingerprint density at radius 2 is 1.89 bits per heavy atom. The standard InChI is InChI=1S/C19H20F4N2O2/c1-13(24-9-10-27-15-6-4-5-14(20)12-15)11-18(26)25-17-8-3-2-7-16(17)19(21,22)23/h2-8,12-13,24H,9-11H2,1H3,(H,25,26). The molecule has 0 saturated carbocycles. The topological polar surface area (TPSA) is 50.4 Å². The van der Waals surface area contributed by atoms with Gasteiger partial charge >= 0.3 is 6.18 Å². The van der Waals surface area contributed by atoms with Crippen molar-refractivity contribution in [3.8, 4) is 5.75 Å². The largest absolute Gasteiger partial charge is 0.492 e. The van der Waals surface area contributed by atoms with E-state index in [9.17, 15) is 22.4 Å². The Morgan fingerprint density at radius 3 is 2.59 bits per heavy atom. The van der Waals surface area contributed by atoms with E-state index < -0.39 is 23.5 Å². The highest BCUT2D eigenvalue weighted by Gasteiger charge is 2.33. The number of hydrogen-bond acceptors (Lipinski definition) is 3. The van der Waals surface area contributed by atoms with Crippen LogP contribution in [0.1, 0.15) is 18.9 Å². The lowest BCUT2D eigenvalue weighted by molar-refractivity contribution is -0.137. The lowest BCUT2D eigenvalue weighted by Crippen LogP contribution is -2.33. The van der Waals surface area contributed by atoms with Gasteiger partial charge in [-0.2, -0.15) is 13.2 Å². The van der Waals surface area contributed by atoms with Crippen LogP contribution in [0, 0.1) is 5.82 Å². The molecule has 0 aromatic heterocycles. The first-order chi connectivity index (χ1) is 12.8. The number of hydrogen-bond donors (Lipinski definition) is 2. The molecular weight excluding hydrogens is 364 g/mol. The number of nitrogens with one attached hydrogen (secondary N) is 2. The lowest BCUT2D eigenvalue weighted by atomic mass is 10.1. The van der Waals surface area contributed by atoms with Crippen molar-refractivity contribution >= 4 is 11.6 Å². The second-order valence-corrected chi connectivity index (χ2v) is 5.96. The summed E-state index contributed by atoms with van der Waals surface area (Å²) in [6.07, 6.45) is -4.55. The maximum absolute atomic E-state index is 13.0. The summed E-state index contributed by atoms with van der Waals surface area (Å²) in [4.78, 5) is 12.0. The average Bonchev–Trinajstić information content (AvgIpc) is 2.58. The van der Waals surface area contributed by atoms with Gasteiger partial charge in [-0.3, -0.25) is 4.79 Å². The number of amides is 1. The minimum absolute atomic E-state index is 0.00778. The molecule has 2 rings (SSSR count). The number of rotatable bonds is 8. The van der Waals surface area contributed by atoms with Crippen molar-refractivity contribution in [2.24, 2.45) is 0 Å². The number of para-hydroxylation sites is 1. The molecule has 0 fully saturated rings. The van der Waals surface area contributed by atoms with Crippen molar-refractivity contribution in [2.75, 3.05) is 18.5 Å². The molecule has 0 radical (unpaired) electrons. The van der Waals surface area contributed by atoms with Gasteiger partial charge in [-0.25, -0.2) is 4.39 Å². The van der Waals surface area contributed by atoms with Crippen LogP contribution in [0.15, 0.2) is 48.5 Å². The first-order valence-electron chi connectivity index (χ1n) is 8.33. The van der Waals surface area contributed by atoms with Crippen LogP contribution in [0.4, 0.5) is 23.2 Å². The molecule has 8 heteroatoms. The quantitative estimate of drug-likeness (QED) is 0.529. The molecule has 0 heterocycles. The number of ether oxygens (including phenoxy) is 1. The Balaban J connectivity index is 1.76. The van der Waals surface area contributed by atoms with E-state index in [0.717, 1.165) is 6.07 Å². The summed E-state index contributed by atoms with van der Waals surface area (Å²) in [6.45, 7) is 2.38. The zero-order valence-electron chi connectivity index (χ0n) is 14.6. The third-order valence-corrected chi connectivity index (χ3v) is 3.66. The maximum Gasteiger partial charge on any atom is 0.418 e. The van der Waals surface area contributed by atoms with E-state index in [1.807, 2.05) is 0 Å². The number of carbonyl (C=O) groups is 1. The monoisotopic (exact) mass is 384 g/mol. The van der Waals surface area contributed by atoms with E-state index in [4.69, 9.17) is 4.74 Å². The fourth-order valence-electron chi connectivity index (χ4n) is 2.42. The fourth-order valence-corrected chi connectivity index (χ4v) is 2.42. The molecule has 146 valence electrons. The number of benzene rings is 2. The number of anilines is 1. The number of halogens is 4. The summed E-state index contributed by atoms with van der Waals surface area (Å²) in [7, 11) is 0. The van der Waals surface area contributed by atoms with Gasteiger partial charge in [0, 0.05) is 25.1 Å². The fraction of sp³-hybridized carbons (Fsp3) is 0.316. The van der Waals surface area contributed by atoms with E-state index in [0.29, 0.717) is 12.3 Å². The molecule has 1 atom stereocenters. The summed E-state index contributed by atoms with van der Waals surface area (Å²) < 4.78 is 57.2. The average molecular weight is 384 g/mol. The first kappa shape index (κ1) is 20.7. The van der Waals surface area contributed by atoms with E-state index in [1.165, 1.54) is 36.4 Å². The molecule has 2 N–H and O–H groups in total. The van der Waals surface area contributed by atoms with Crippen LogP contribution in [0.5, 0.6) is 5.75 Å². The molecule has 0 aliphatic rings. The maximum atomic E-state index is 13.0. The summed E-state index contributed by atoms with van der Waals surface area (Å²) in [5, 5.41) is 5.33. The molecule has 4 nitrogen and oxygen atoms in total. The molecule has 2 aromatic rings. The summed E-state index contributed by atoms with van der Waals surface area (Å²) in [6, 6.07) is 10.3. The first-order valence-corrected chi connectivity index (χ1v) is 8.33. The highest BCUT2D eigenvalue weighted by atomic mass is 19.4. The second-order valence-electron chi connectivity index (χ2n) is 5.96. The minimum atomic E-state index is -4.54. The third kappa shape index (κ3) is 6.90. The summed E-state index contributed by atoms with van der Waals surface area (Å²) in [5.74, 6) is -0.534. The van der Waals surface area contributed by atoms with Gasteiger partial charge < -0.3 is 15.4 Å². The highest BCUT2D eigenvalue weighted by Crippen LogP contribution is 2.34. The van der Waals surface area contributed by atoms with E-state index in [-0.39, 0.29) is 24.8 Å². The Labute approximate surface area is 154 Å². The zero-order chi connectivity index (χ0) is 19.9. The molecule has 2 aromatic carbocycles. The van der Waals surface area contributed by atoms with E-state index >= 15 is 0 Å². The van der Waals surface area contributed by atoms with E-state index in [2.05, 4.69) is 10.6 Å². The molecule has 27 heavy (non-hydrogen) atoms.